The first-order valence-electron chi connectivity index (χ1n) is 11.8. The van der Waals surface area contributed by atoms with Crippen molar-refractivity contribution in [1.29, 1.82) is 0 Å². The highest BCUT2D eigenvalue weighted by Crippen LogP contribution is 2.26. The Kier molecular flexibility index (Phi) is 9.37. The molecule has 0 fully saturated rings. The van der Waals surface area contributed by atoms with Gasteiger partial charge in [0, 0.05) is 23.5 Å². The highest BCUT2D eigenvalue weighted by Gasteiger charge is 2.32. The Labute approximate surface area is 218 Å². The summed E-state index contributed by atoms with van der Waals surface area (Å²) in [6, 6.07) is 23.3. The number of ether oxygens (including phenoxy) is 2. The van der Waals surface area contributed by atoms with Crippen LogP contribution in [-0.4, -0.2) is 42.0 Å². The van der Waals surface area contributed by atoms with Crippen LogP contribution < -0.4 is 14.8 Å². The van der Waals surface area contributed by atoms with Crippen molar-refractivity contribution in [2.45, 2.75) is 45.3 Å². The van der Waals surface area contributed by atoms with E-state index in [1.54, 1.807) is 36.3 Å². The molecule has 190 valence electrons. The van der Waals surface area contributed by atoms with E-state index in [0.29, 0.717) is 22.9 Å². The molecular formula is C29H33ClN2O4. The quantitative estimate of drug-likeness (QED) is 0.404. The summed E-state index contributed by atoms with van der Waals surface area (Å²) in [6.07, 6.45) is 0.358. The van der Waals surface area contributed by atoms with Gasteiger partial charge in [-0.05, 0) is 56.2 Å². The molecule has 0 bridgehead atoms. The van der Waals surface area contributed by atoms with E-state index in [2.05, 4.69) is 5.32 Å². The minimum absolute atomic E-state index is 0.223. The molecule has 0 spiro atoms. The predicted octanol–water partition coefficient (Wildman–Crippen LogP) is 5.28. The minimum atomic E-state index is -0.754. The minimum Gasteiger partial charge on any atom is -0.493 e. The number of hydrogen-bond donors (Lipinski definition) is 1. The number of carbonyl (C=O) groups excluding carboxylic acids is 2. The van der Waals surface area contributed by atoms with E-state index in [1.165, 1.54) is 0 Å². The number of amides is 2. The van der Waals surface area contributed by atoms with Crippen LogP contribution in [-0.2, 0) is 22.6 Å². The molecule has 2 amide bonds. The number of nitrogens with one attached hydrogen (secondary N) is 1. The van der Waals surface area contributed by atoms with Crippen LogP contribution in [0.25, 0.3) is 0 Å². The van der Waals surface area contributed by atoms with E-state index in [0.717, 1.165) is 11.1 Å². The standard InChI is InChI=1S/C29H33ClN2O4/c1-29(2,3)31-28(34)24(18-21-10-6-5-7-11-21)32(19-22-14-16-23(30)17-15-22)27(33)20-36-26-13-9-8-12-25(26)35-4/h5-17,24H,18-20H2,1-4H3,(H,31,34). The van der Waals surface area contributed by atoms with Gasteiger partial charge in [0.25, 0.3) is 5.91 Å². The van der Waals surface area contributed by atoms with Gasteiger partial charge in [0.15, 0.2) is 18.1 Å². The molecule has 1 atom stereocenters. The Morgan fingerprint density at radius 3 is 2.11 bits per heavy atom. The number of halogens is 1. The van der Waals surface area contributed by atoms with Gasteiger partial charge in [0.1, 0.15) is 6.04 Å². The van der Waals surface area contributed by atoms with Crippen LogP contribution in [0.3, 0.4) is 0 Å². The third kappa shape index (κ3) is 8.02. The van der Waals surface area contributed by atoms with E-state index < -0.39 is 11.6 Å². The zero-order valence-corrected chi connectivity index (χ0v) is 21.9. The van der Waals surface area contributed by atoms with Gasteiger partial charge >= 0.3 is 0 Å². The fourth-order valence-corrected chi connectivity index (χ4v) is 3.88. The highest BCUT2D eigenvalue weighted by atomic mass is 35.5. The van der Waals surface area contributed by atoms with Crippen molar-refractivity contribution in [3.8, 4) is 11.5 Å². The highest BCUT2D eigenvalue weighted by molar-refractivity contribution is 6.30. The first kappa shape index (κ1) is 27.1. The normalized spacial score (nSPS) is 11.9. The van der Waals surface area contributed by atoms with Gasteiger partial charge in [0.05, 0.1) is 7.11 Å². The average Bonchev–Trinajstić information content (AvgIpc) is 2.85. The maximum atomic E-state index is 13.6. The summed E-state index contributed by atoms with van der Waals surface area (Å²) in [7, 11) is 1.55. The van der Waals surface area contributed by atoms with Crippen LogP contribution in [0, 0.1) is 0 Å². The van der Waals surface area contributed by atoms with Gasteiger partial charge in [-0.15, -0.1) is 0 Å². The lowest BCUT2D eigenvalue weighted by atomic mass is 10.0. The number of benzene rings is 3. The average molecular weight is 509 g/mol. The largest absolute Gasteiger partial charge is 0.493 e. The van der Waals surface area contributed by atoms with Crippen LogP contribution in [0.2, 0.25) is 5.02 Å². The molecule has 6 nitrogen and oxygen atoms in total. The third-order valence-electron chi connectivity index (χ3n) is 5.46. The summed E-state index contributed by atoms with van der Waals surface area (Å²) in [5, 5.41) is 3.65. The molecule has 0 aromatic heterocycles. The smallest absolute Gasteiger partial charge is 0.261 e. The molecule has 0 aliphatic carbocycles. The summed E-state index contributed by atoms with van der Waals surface area (Å²) in [5.41, 5.74) is 1.34. The monoisotopic (exact) mass is 508 g/mol. The predicted molar refractivity (Wildman–Crippen MR) is 142 cm³/mol. The van der Waals surface area contributed by atoms with Gasteiger partial charge in [-0.3, -0.25) is 9.59 Å². The number of nitrogens with zero attached hydrogens (tertiary/aromatic N) is 1. The van der Waals surface area contributed by atoms with Crippen molar-refractivity contribution < 1.29 is 19.1 Å². The number of para-hydroxylation sites is 2. The molecule has 0 radical (unpaired) electrons. The number of methoxy groups -OCH3 is 1. The molecule has 7 heteroatoms. The summed E-state index contributed by atoms with van der Waals surface area (Å²) in [5.74, 6) is 0.436. The van der Waals surface area contributed by atoms with Gasteiger partial charge in [-0.2, -0.15) is 0 Å². The van der Waals surface area contributed by atoms with E-state index in [1.807, 2.05) is 75.4 Å². The van der Waals surface area contributed by atoms with Crippen molar-refractivity contribution >= 4 is 23.4 Å². The van der Waals surface area contributed by atoms with E-state index >= 15 is 0 Å². The van der Waals surface area contributed by atoms with E-state index in [9.17, 15) is 9.59 Å². The van der Waals surface area contributed by atoms with Crippen LogP contribution in [0.4, 0.5) is 0 Å². The van der Waals surface area contributed by atoms with E-state index in [-0.39, 0.29) is 25.0 Å². The second kappa shape index (κ2) is 12.5. The van der Waals surface area contributed by atoms with E-state index in [4.69, 9.17) is 21.1 Å². The fourth-order valence-electron chi connectivity index (χ4n) is 3.75. The van der Waals surface area contributed by atoms with Crippen LogP contribution in [0.15, 0.2) is 78.9 Å². The Balaban J connectivity index is 1.93. The molecule has 1 unspecified atom stereocenters. The molecule has 3 aromatic rings. The van der Waals surface area contributed by atoms with Gasteiger partial charge in [-0.25, -0.2) is 0 Å². The lowest BCUT2D eigenvalue weighted by Crippen LogP contribution is -2.55. The number of hydrogen-bond acceptors (Lipinski definition) is 4. The number of carbonyl (C=O) groups is 2. The maximum Gasteiger partial charge on any atom is 0.261 e. The van der Waals surface area contributed by atoms with Gasteiger partial charge in [-0.1, -0.05) is 66.2 Å². The van der Waals surface area contributed by atoms with Crippen molar-refractivity contribution in [2.75, 3.05) is 13.7 Å². The van der Waals surface area contributed by atoms with Crippen molar-refractivity contribution in [2.24, 2.45) is 0 Å². The molecule has 1 N–H and O–H groups in total. The lowest BCUT2D eigenvalue weighted by Gasteiger charge is -2.33. The summed E-state index contributed by atoms with van der Waals surface area (Å²) in [6.45, 7) is 5.73. The van der Waals surface area contributed by atoms with Crippen LogP contribution >= 0.6 is 11.6 Å². The molecule has 3 aromatic carbocycles. The first-order valence-corrected chi connectivity index (χ1v) is 12.2. The zero-order chi connectivity index (χ0) is 26.1. The Morgan fingerprint density at radius 2 is 1.50 bits per heavy atom. The summed E-state index contributed by atoms with van der Waals surface area (Å²) < 4.78 is 11.2. The Bertz CT molecular complexity index is 1140. The second-order valence-electron chi connectivity index (χ2n) is 9.53. The second-order valence-corrected chi connectivity index (χ2v) is 9.97. The van der Waals surface area contributed by atoms with Gasteiger partial charge < -0.3 is 19.7 Å². The van der Waals surface area contributed by atoms with Crippen molar-refractivity contribution in [1.82, 2.24) is 10.2 Å². The zero-order valence-electron chi connectivity index (χ0n) is 21.2. The van der Waals surface area contributed by atoms with Crippen LogP contribution in [0.1, 0.15) is 31.9 Å². The maximum absolute atomic E-state index is 13.6. The van der Waals surface area contributed by atoms with Crippen molar-refractivity contribution in [3.63, 3.8) is 0 Å². The van der Waals surface area contributed by atoms with Crippen molar-refractivity contribution in [3.05, 3.63) is 95.0 Å². The first-order chi connectivity index (χ1) is 17.2. The molecule has 3 rings (SSSR count). The molecule has 0 aliphatic rings. The third-order valence-corrected chi connectivity index (χ3v) is 5.71. The molecule has 0 saturated carbocycles. The van der Waals surface area contributed by atoms with Crippen LogP contribution in [0.5, 0.6) is 11.5 Å². The SMILES string of the molecule is COc1ccccc1OCC(=O)N(Cc1ccc(Cl)cc1)C(Cc1ccccc1)C(=O)NC(C)(C)C. The van der Waals surface area contributed by atoms with Gasteiger partial charge in [0.2, 0.25) is 5.91 Å². The molecular weight excluding hydrogens is 476 g/mol. The Hall–Kier alpha value is -3.51. The molecule has 0 heterocycles. The molecule has 0 aliphatic heterocycles. The molecule has 36 heavy (non-hydrogen) atoms. The summed E-state index contributed by atoms with van der Waals surface area (Å²) in [4.78, 5) is 28.8. The number of rotatable bonds is 10. The topological polar surface area (TPSA) is 67.9 Å². The fraction of sp³-hybridized carbons (Fsp3) is 0.310. The Morgan fingerprint density at radius 1 is 0.889 bits per heavy atom. The lowest BCUT2D eigenvalue weighted by molar-refractivity contribution is -0.143. The molecule has 0 saturated heterocycles. The summed E-state index contributed by atoms with van der Waals surface area (Å²) >= 11 is 6.07.